The SMILES string of the molecule is COc1ccc(C(O)(c2ccc(-c3ccccc3)cc2)C(F)(F)C(F)(F)F)cc1. The lowest BCUT2D eigenvalue weighted by molar-refractivity contribution is -0.336. The number of benzene rings is 3. The Balaban J connectivity index is 2.15. The van der Waals surface area contributed by atoms with Gasteiger partial charge in [-0.2, -0.15) is 22.0 Å². The Morgan fingerprint density at radius 1 is 0.655 bits per heavy atom. The molecule has 0 aliphatic heterocycles. The minimum absolute atomic E-state index is 0.255. The molecule has 7 heteroatoms. The van der Waals surface area contributed by atoms with Crippen molar-refractivity contribution in [2.24, 2.45) is 0 Å². The molecule has 0 radical (unpaired) electrons. The van der Waals surface area contributed by atoms with Crippen LogP contribution in [0.5, 0.6) is 5.75 Å². The van der Waals surface area contributed by atoms with E-state index in [0.717, 1.165) is 29.8 Å². The van der Waals surface area contributed by atoms with Gasteiger partial charge in [-0.05, 0) is 34.4 Å². The van der Waals surface area contributed by atoms with E-state index in [0.29, 0.717) is 5.56 Å². The highest BCUT2D eigenvalue weighted by molar-refractivity contribution is 5.64. The molecule has 2 nitrogen and oxygen atoms in total. The Bertz CT molecular complexity index is 951. The molecule has 0 saturated carbocycles. The first-order chi connectivity index (χ1) is 13.6. The van der Waals surface area contributed by atoms with Crippen LogP contribution in [0.3, 0.4) is 0 Å². The lowest BCUT2D eigenvalue weighted by Gasteiger charge is -2.37. The molecule has 0 aliphatic carbocycles. The van der Waals surface area contributed by atoms with Crippen LogP contribution in [0.15, 0.2) is 78.9 Å². The van der Waals surface area contributed by atoms with E-state index in [1.807, 2.05) is 0 Å². The van der Waals surface area contributed by atoms with Crippen LogP contribution in [-0.4, -0.2) is 24.3 Å². The van der Waals surface area contributed by atoms with Crippen molar-refractivity contribution in [3.05, 3.63) is 90.0 Å². The van der Waals surface area contributed by atoms with Crippen molar-refractivity contribution in [3.8, 4) is 16.9 Å². The van der Waals surface area contributed by atoms with Crippen LogP contribution in [0.4, 0.5) is 22.0 Å². The summed E-state index contributed by atoms with van der Waals surface area (Å²) in [4.78, 5) is 0. The summed E-state index contributed by atoms with van der Waals surface area (Å²) < 4.78 is 73.8. The third-order valence-corrected chi connectivity index (χ3v) is 4.73. The topological polar surface area (TPSA) is 29.5 Å². The smallest absolute Gasteiger partial charge is 0.457 e. The van der Waals surface area contributed by atoms with E-state index in [2.05, 4.69) is 0 Å². The van der Waals surface area contributed by atoms with Crippen LogP contribution >= 0.6 is 0 Å². The minimum atomic E-state index is -5.97. The number of aliphatic hydroxyl groups is 1. The molecule has 3 aromatic rings. The van der Waals surface area contributed by atoms with Gasteiger partial charge in [-0.25, -0.2) is 0 Å². The third-order valence-electron chi connectivity index (χ3n) is 4.73. The fourth-order valence-corrected chi connectivity index (χ4v) is 3.10. The zero-order valence-corrected chi connectivity index (χ0v) is 15.3. The summed E-state index contributed by atoms with van der Waals surface area (Å²) in [7, 11) is 1.33. The van der Waals surface area contributed by atoms with Crippen molar-refractivity contribution >= 4 is 0 Å². The number of hydrogen-bond acceptors (Lipinski definition) is 2. The predicted octanol–water partition coefficient (Wildman–Crippen LogP) is 5.80. The van der Waals surface area contributed by atoms with Gasteiger partial charge in [0.25, 0.3) is 0 Å². The highest BCUT2D eigenvalue weighted by atomic mass is 19.4. The molecule has 29 heavy (non-hydrogen) atoms. The number of methoxy groups -OCH3 is 1. The molecule has 3 rings (SSSR count). The zero-order chi connectivity index (χ0) is 21.3. The standard InChI is InChI=1S/C22H17F5O2/c1-29-19-13-11-18(12-14-19)20(28,21(23,24)22(25,26)27)17-9-7-16(8-10-17)15-5-3-2-4-6-15/h2-14,28H,1H3. The second-order valence-corrected chi connectivity index (χ2v) is 6.45. The van der Waals surface area contributed by atoms with Crippen molar-refractivity contribution in [2.75, 3.05) is 7.11 Å². The molecule has 152 valence electrons. The van der Waals surface area contributed by atoms with Gasteiger partial charge in [0.05, 0.1) is 7.11 Å². The van der Waals surface area contributed by atoms with Crippen molar-refractivity contribution in [2.45, 2.75) is 17.7 Å². The summed E-state index contributed by atoms with van der Waals surface area (Å²) >= 11 is 0. The Morgan fingerprint density at radius 3 is 1.55 bits per heavy atom. The molecule has 0 aromatic heterocycles. The number of hydrogen-bond donors (Lipinski definition) is 1. The van der Waals surface area contributed by atoms with E-state index >= 15 is 0 Å². The Morgan fingerprint density at radius 2 is 1.10 bits per heavy atom. The quantitative estimate of drug-likeness (QED) is 0.541. The molecule has 0 heterocycles. The lowest BCUT2D eigenvalue weighted by atomic mass is 9.80. The summed E-state index contributed by atoms with van der Waals surface area (Å²) in [5, 5.41) is 10.8. The van der Waals surface area contributed by atoms with E-state index in [4.69, 9.17) is 4.74 Å². The van der Waals surface area contributed by atoms with Gasteiger partial charge in [0, 0.05) is 0 Å². The first kappa shape index (κ1) is 20.8. The number of alkyl halides is 5. The van der Waals surface area contributed by atoms with Crippen LogP contribution in [-0.2, 0) is 5.60 Å². The molecule has 0 bridgehead atoms. The molecule has 1 atom stereocenters. The van der Waals surface area contributed by atoms with Gasteiger partial charge in [-0.3, -0.25) is 0 Å². The average molecular weight is 408 g/mol. The molecule has 0 fully saturated rings. The van der Waals surface area contributed by atoms with Gasteiger partial charge in [-0.1, -0.05) is 66.7 Å². The van der Waals surface area contributed by atoms with Crippen LogP contribution in [0.1, 0.15) is 11.1 Å². The van der Waals surface area contributed by atoms with Gasteiger partial charge >= 0.3 is 12.1 Å². The maximum Gasteiger partial charge on any atom is 0.457 e. The summed E-state index contributed by atoms with van der Waals surface area (Å²) in [6, 6.07) is 18.2. The van der Waals surface area contributed by atoms with Crippen LogP contribution in [0, 0.1) is 0 Å². The first-order valence-electron chi connectivity index (χ1n) is 8.58. The van der Waals surface area contributed by atoms with Crippen LogP contribution in [0.2, 0.25) is 0 Å². The highest BCUT2D eigenvalue weighted by Gasteiger charge is 2.71. The Labute approximate surface area is 164 Å². The summed E-state index contributed by atoms with van der Waals surface area (Å²) in [5.41, 5.74) is -3.43. The Hall–Kier alpha value is -2.93. The monoisotopic (exact) mass is 408 g/mol. The molecule has 0 amide bonds. The molecule has 0 saturated heterocycles. The largest absolute Gasteiger partial charge is 0.497 e. The molecular weight excluding hydrogens is 391 g/mol. The van der Waals surface area contributed by atoms with E-state index in [-0.39, 0.29) is 5.75 Å². The molecule has 0 spiro atoms. The first-order valence-corrected chi connectivity index (χ1v) is 8.58. The second-order valence-electron chi connectivity index (χ2n) is 6.45. The molecular formula is C22H17F5O2. The maximum absolute atomic E-state index is 14.6. The molecule has 1 N–H and O–H groups in total. The van der Waals surface area contributed by atoms with Crippen molar-refractivity contribution in [1.29, 1.82) is 0 Å². The minimum Gasteiger partial charge on any atom is -0.497 e. The van der Waals surface area contributed by atoms with Crippen LogP contribution < -0.4 is 4.74 Å². The summed E-state index contributed by atoms with van der Waals surface area (Å²) in [5.74, 6) is -5.19. The summed E-state index contributed by atoms with van der Waals surface area (Å²) in [6.45, 7) is 0. The van der Waals surface area contributed by atoms with E-state index in [9.17, 15) is 27.1 Å². The molecule has 1 unspecified atom stereocenters. The molecule has 0 aliphatic rings. The van der Waals surface area contributed by atoms with E-state index in [1.165, 1.54) is 31.4 Å². The molecule has 3 aromatic carbocycles. The summed E-state index contributed by atoms with van der Waals surface area (Å²) in [6.07, 6.45) is -5.97. The number of halogens is 5. The van der Waals surface area contributed by atoms with E-state index in [1.54, 1.807) is 30.3 Å². The number of ether oxygens (including phenoxy) is 1. The van der Waals surface area contributed by atoms with Crippen molar-refractivity contribution < 1.29 is 31.8 Å². The van der Waals surface area contributed by atoms with Gasteiger partial charge in [-0.15, -0.1) is 0 Å². The fourth-order valence-electron chi connectivity index (χ4n) is 3.10. The Kier molecular flexibility index (Phi) is 5.36. The second kappa shape index (κ2) is 7.48. The average Bonchev–Trinajstić information content (AvgIpc) is 2.73. The van der Waals surface area contributed by atoms with Gasteiger partial charge in [0.15, 0.2) is 5.60 Å². The zero-order valence-electron chi connectivity index (χ0n) is 15.3. The van der Waals surface area contributed by atoms with Gasteiger partial charge < -0.3 is 9.84 Å². The maximum atomic E-state index is 14.6. The third kappa shape index (κ3) is 3.58. The van der Waals surface area contributed by atoms with Crippen molar-refractivity contribution in [3.63, 3.8) is 0 Å². The van der Waals surface area contributed by atoms with E-state index < -0.39 is 28.8 Å². The number of rotatable bonds is 5. The lowest BCUT2D eigenvalue weighted by Crippen LogP contribution is -2.55. The fraction of sp³-hybridized carbons (Fsp3) is 0.182. The normalized spacial score (nSPS) is 14.3. The predicted molar refractivity (Wildman–Crippen MR) is 98.9 cm³/mol. The van der Waals surface area contributed by atoms with Gasteiger partial charge in [0.2, 0.25) is 0 Å². The van der Waals surface area contributed by atoms with Gasteiger partial charge in [0.1, 0.15) is 5.75 Å². The van der Waals surface area contributed by atoms with Crippen molar-refractivity contribution in [1.82, 2.24) is 0 Å². The highest BCUT2D eigenvalue weighted by Crippen LogP contribution is 2.52. The van der Waals surface area contributed by atoms with Crippen LogP contribution in [0.25, 0.3) is 11.1 Å².